The average molecular weight is 272 g/mol. The monoisotopic (exact) mass is 271 g/mol. The molecule has 0 bridgehead atoms. The lowest BCUT2D eigenvalue weighted by Gasteiger charge is -2.15. The molecule has 1 aliphatic rings. The lowest BCUT2D eigenvalue weighted by Crippen LogP contribution is -2.26. The second-order valence-electron chi connectivity index (χ2n) is 4.13. The molecule has 1 amide bonds. The molecule has 90 valence electrons. The maximum absolute atomic E-state index is 11.7. The molecule has 0 saturated carbocycles. The first-order chi connectivity index (χ1) is 7.99. The fourth-order valence-corrected chi connectivity index (χ4v) is 2.13. The van der Waals surface area contributed by atoms with E-state index in [-0.39, 0.29) is 18.2 Å². The standard InChI is InChI=1S/C12H11Cl2NO2/c1-7-11(16)6-15(12(7)17)5-8-2-3-9(13)10(14)4-8/h2-4,7H,5-6H2,1H3. The van der Waals surface area contributed by atoms with Crippen molar-refractivity contribution in [2.45, 2.75) is 13.5 Å². The van der Waals surface area contributed by atoms with E-state index in [0.29, 0.717) is 16.6 Å². The van der Waals surface area contributed by atoms with Crippen LogP contribution in [0.3, 0.4) is 0 Å². The molecule has 1 fully saturated rings. The molecule has 1 heterocycles. The van der Waals surface area contributed by atoms with E-state index < -0.39 is 5.92 Å². The van der Waals surface area contributed by atoms with Gasteiger partial charge >= 0.3 is 0 Å². The fraction of sp³-hybridized carbons (Fsp3) is 0.333. The Labute approximate surface area is 109 Å². The lowest BCUT2D eigenvalue weighted by atomic mass is 10.1. The summed E-state index contributed by atoms with van der Waals surface area (Å²) >= 11 is 11.7. The molecular formula is C12H11Cl2NO2. The second-order valence-corrected chi connectivity index (χ2v) is 4.95. The van der Waals surface area contributed by atoms with Gasteiger partial charge < -0.3 is 4.90 Å². The van der Waals surface area contributed by atoms with Gasteiger partial charge in [-0.3, -0.25) is 9.59 Å². The van der Waals surface area contributed by atoms with Gasteiger partial charge in [0.1, 0.15) is 0 Å². The van der Waals surface area contributed by atoms with Crippen LogP contribution in [0.1, 0.15) is 12.5 Å². The topological polar surface area (TPSA) is 37.4 Å². The number of amides is 1. The number of Topliss-reactive ketones (excluding diaryl/α,β-unsaturated/α-hetero) is 1. The van der Waals surface area contributed by atoms with E-state index in [2.05, 4.69) is 0 Å². The van der Waals surface area contributed by atoms with Gasteiger partial charge in [0.2, 0.25) is 5.91 Å². The van der Waals surface area contributed by atoms with Crippen LogP contribution < -0.4 is 0 Å². The van der Waals surface area contributed by atoms with Crippen molar-refractivity contribution in [2.75, 3.05) is 6.54 Å². The highest BCUT2D eigenvalue weighted by molar-refractivity contribution is 6.42. The smallest absolute Gasteiger partial charge is 0.233 e. The zero-order chi connectivity index (χ0) is 12.6. The third-order valence-electron chi connectivity index (χ3n) is 2.87. The Kier molecular flexibility index (Phi) is 3.40. The van der Waals surface area contributed by atoms with Crippen LogP contribution in [0.4, 0.5) is 0 Å². The van der Waals surface area contributed by atoms with Gasteiger partial charge in [0.15, 0.2) is 5.78 Å². The maximum atomic E-state index is 11.7. The highest BCUT2D eigenvalue weighted by atomic mass is 35.5. The summed E-state index contributed by atoms with van der Waals surface area (Å²) < 4.78 is 0. The third-order valence-corrected chi connectivity index (χ3v) is 3.61. The van der Waals surface area contributed by atoms with Crippen molar-refractivity contribution in [3.63, 3.8) is 0 Å². The number of likely N-dealkylation sites (tertiary alicyclic amines) is 1. The van der Waals surface area contributed by atoms with Crippen LogP contribution in [-0.2, 0) is 16.1 Å². The fourth-order valence-electron chi connectivity index (χ4n) is 1.81. The number of nitrogens with zero attached hydrogens (tertiary/aromatic N) is 1. The number of hydrogen-bond acceptors (Lipinski definition) is 2. The molecular weight excluding hydrogens is 261 g/mol. The molecule has 17 heavy (non-hydrogen) atoms. The molecule has 0 N–H and O–H groups in total. The molecule has 1 aromatic carbocycles. The van der Waals surface area contributed by atoms with E-state index in [1.165, 1.54) is 4.90 Å². The largest absolute Gasteiger partial charge is 0.330 e. The van der Waals surface area contributed by atoms with Crippen molar-refractivity contribution in [2.24, 2.45) is 5.92 Å². The number of carbonyl (C=O) groups excluding carboxylic acids is 2. The van der Waals surface area contributed by atoms with Crippen LogP contribution in [0.5, 0.6) is 0 Å². The summed E-state index contributed by atoms with van der Waals surface area (Å²) in [5.41, 5.74) is 0.870. The van der Waals surface area contributed by atoms with E-state index in [4.69, 9.17) is 23.2 Å². The van der Waals surface area contributed by atoms with Crippen molar-refractivity contribution in [1.29, 1.82) is 0 Å². The van der Waals surface area contributed by atoms with E-state index >= 15 is 0 Å². The van der Waals surface area contributed by atoms with Crippen molar-refractivity contribution in [1.82, 2.24) is 4.90 Å². The molecule has 0 aromatic heterocycles. The summed E-state index contributed by atoms with van der Waals surface area (Å²) in [4.78, 5) is 24.6. The number of halogens is 2. The number of benzene rings is 1. The molecule has 3 nitrogen and oxygen atoms in total. The Morgan fingerprint density at radius 2 is 2.00 bits per heavy atom. The molecule has 1 aliphatic heterocycles. The Morgan fingerprint density at radius 1 is 1.29 bits per heavy atom. The highest BCUT2D eigenvalue weighted by Gasteiger charge is 2.35. The summed E-state index contributed by atoms with van der Waals surface area (Å²) in [7, 11) is 0. The maximum Gasteiger partial charge on any atom is 0.233 e. The summed E-state index contributed by atoms with van der Waals surface area (Å²) in [5, 5.41) is 0.933. The zero-order valence-electron chi connectivity index (χ0n) is 9.24. The Balaban J connectivity index is 2.14. The minimum atomic E-state index is -0.516. The van der Waals surface area contributed by atoms with Gasteiger partial charge in [-0.15, -0.1) is 0 Å². The minimum Gasteiger partial charge on any atom is -0.330 e. The molecule has 5 heteroatoms. The van der Waals surface area contributed by atoms with Crippen molar-refractivity contribution < 1.29 is 9.59 Å². The van der Waals surface area contributed by atoms with Gasteiger partial charge in [-0.1, -0.05) is 29.3 Å². The second kappa shape index (κ2) is 4.67. The predicted molar refractivity (Wildman–Crippen MR) is 66.1 cm³/mol. The molecule has 1 aromatic rings. The molecule has 1 unspecified atom stereocenters. The summed E-state index contributed by atoms with van der Waals surface area (Å²) in [6.45, 7) is 2.21. The van der Waals surface area contributed by atoms with Crippen LogP contribution in [0.25, 0.3) is 0 Å². The first-order valence-corrected chi connectivity index (χ1v) is 6.00. The first-order valence-electron chi connectivity index (χ1n) is 5.24. The van der Waals surface area contributed by atoms with Crippen LogP contribution in [-0.4, -0.2) is 23.1 Å². The Bertz CT molecular complexity index is 487. The number of hydrogen-bond donors (Lipinski definition) is 0. The minimum absolute atomic E-state index is 0.0324. The van der Waals surface area contributed by atoms with E-state index in [1.807, 2.05) is 0 Å². The predicted octanol–water partition coefficient (Wildman–Crippen LogP) is 2.54. The van der Waals surface area contributed by atoms with E-state index in [9.17, 15) is 9.59 Å². The van der Waals surface area contributed by atoms with Crippen molar-refractivity contribution >= 4 is 34.9 Å². The zero-order valence-corrected chi connectivity index (χ0v) is 10.8. The van der Waals surface area contributed by atoms with E-state index in [0.717, 1.165) is 5.56 Å². The first kappa shape index (κ1) is 12.4. The van der Waals surface area contributed by atoms with Crippen LogP contribution >= 0.6 is 23.2 Å². The molecule has 2 rings (SSSR count). The van der Waals surface area contributed by atoms with Crippen LogP contribution in [0.15, 0.2) is 18.2 Å². The van der Waals surface area contributed by atoms with Gasteiger partial charge in [-0.05, 0) is 24.6 Å². The average Bonchev–Trinajstić information content (AvgIpc) is 2.52. The quantitative estimate of drug-likeness (QED) is 0.776. The van der Waals surface area contributed by atoms with Gasteiger partial charge in [0.25, 0.3) is 0 Å². The summed E-state index contributed by atoms with van der Waals surface area (Å²) in [6.07, 6.45) is 0. The molecule has 0 spiro atoms. The van der Waals surface area contributed by atoms with E-state index in [1.54, 1.807) is 25.1 Å². The van der Waals surface area contributed by atoms with Crippen molar-refractivity contribution in [3.05, 3.63) is 33.8 Å². The third kappa shape index (κ3) is 2.45. The summed E-state index contributed by atoms with van der Waals surface area (Å²) in [5.74, 6) is -0.672. The number of rotatable bonds is 2. The number of ketones is 1. The number of carbonyl (C=O) groups is 2. The van der Waals surface area contributed by atoms with Gasteiger partial charge in [-0.2, -0.15) is 0 Å². The van der Waals surface area contributed by atoms with Crippen LogP contribution in [0.2, 0.25) is 10.0 Å². The Morgan fingerprint density at radius 3 is 2.53 bits per heavy atom. The van der Waals surface area contributed by atoms with Gasteiger partial charge in [0.05, 0.1) is 22.5 Å². The van der Waals surface area contributed by atoms with Crippen LogP contribution in [0, 0.1) is 5.92 Å². The molecule has 0 radical (unpaired) electrons. The molecule has 1 saturated heterocycles. The lowest BCUT2D eigenvalue weighted by molar-refractivity contribution is -0.132. The van der Waals surface area contributed by atoms with Crippen molar-refractivity contribution in [3.8, 4) is 0 Å². The Hall–Kier alpha value is -1.06. The summed E-state index contributed by atoms with van der Waals surface area (Å²) in [6, 6.07) is 5.20. The molecule has 0 aliphatic carbocycles. The highest BCUT2D eigenvalue weighted by Crippen LogP contribution is 2.24. The molecule has 1 atom stereocenters. The van der Waals surface area contributed by atoms with Gasteiger partial charge in [0, 0.05) is 6.54 Å². The van der Waals surface area contributed by atoms with Gasteiger partial charge in [-0.25, -0.2) is 0 Å². The normalized spacial score (nSPS) is 20.2. The SMILES string of the molecule is CC1C(=O)CN(Cc2ccc(Cl)c(Cl)c2)C1=O.